The van der Waals surface area contributed by atoms with Gasteiger partial charge in [-0.2, -0.15) is 0 Å². The lowest BCUT2D eigenvalue weighted by molar-refractivity contribution is -0.0621. The second-order valence-electron chi connectivity index (χ2n) is 8.41. The lowest BCUT2D eigenvalue weighted by Crippen LogP contribution is -2.42. The van der Waals surface area contributed by atoms with Crippen LogP contribution in [0.25, 0.3) is 0 Å². The van der Waals surface area contributed by atoms with E-state index in [1.54, 1.807) is 0 Å². The number of unbranched alkanes of at least 4 members (excludes halogenated alkanes) is 13. The standard InChI is InChI=1S/C23H44O5S/c1-2-3-4-5-6-7-8-9-10-11-12-13-14-15-16-21(29)28-20(17-24)23-22(26)19(25)18-27-23/h19-20,22-26H,2-18H2,1H3/t19-,20+,22+,23+/m0/s1. The van der Waals surface area contributed by atoms with Crippen molar-refractivity contribution in [1.82, 2.24) is 0 Å². The Labute approximate surface area is 183 Å². The van der Waals surface area contributed by atoms with Gasteiger partial charge in [0, 0.05) is 6.42 Å². The summed E-state index contributed by atoms with van der Waals surface area (Å²) in [5, 5.41) is 29.3. The van der Waals surface area contributed by atoms with Crippen LogP contribution in [0.3, 0.4) is 0 Å². The van der Waals surface area contributed by atoms with E-state index in [2.05, 4.69) is 6.92 Å². The van der Waals surface area contributed by atoms with Crippen molar-refractivity contribution in [3.05, 3.63) is 0 Å². The molecule has 1 aliphatic rings. The zero-order chi connectivity index (χ0) is 21.3. The highest BCUT2D eigenvalue weighted by Crippen LogP contribution is 2.20. The molecule has 1 heterocycles. The molecule has 4 atom stereocenters. The first-order valence-corrected chi connectivity index (χ1v) is 12.3. The lowest BCUT2D eigenvalue weighted by Gasteiger charge is -2.25. The molecule has 0 unspecified atom stereocenters. The third kappa shape index (κ3) is 12.2. The van der Waals surface area contributed by atoms with E-state index < -0.39 is 24.4 Å². The monoisotopic (exact) mass is 432 g/mol. The van der Waals surface area contributed by atoms with E-state index in [9.17, 15) is 15.3 Å². The van der Waals surface area contributed by atoms with Crippen molar-refractivity contribution in [3.8, 4) is 0 Å². The number of hydrogen-bond donors (Lipinski definition) is 3. The van der Waals surface area contributed by atoms with Gasteiger partial charge in [-0.3, -0.25) is 0 Å². The topological polar surface area (TPSA) is 79.2 Å². The van der Waals surface area contributed by atoms with Crippen LogP contribution >= 0.6 is 12.2 Å². The van der Waals surface area contributed by atoms with Crippen LogP contribution in [0.15, 0.2) is 0 Å². The van der Waals surface area contributed by atoms with Crippen molar-refractivity contribution >= 4 is 17.3 Å². The SMILES string of the molecule is CCCCCCCCCCCCCCCCC(=S)O[C@H](CO)[C@H]1OC[C@H](O)[C@H]1O. The Bertz CT molecular complexity index is 407. The zero-order valence-electron chi connectivity index (χ0n) is 18.4. The van der Waals surface area contributed by atoms with Gasteiger partial charge in [-0.25, -0.2) is 0 Å². The fourth-order valence-corrected chi connectivity index (χ4v) is 4.12. The maximum atomic E-state index is 9.87. The first-order chi connectivity index (χ1) is 14.1. The normalized spacial score (nSPS) is 22.7. The van der Waals surface area contributed by atoms with E-state index in [4.69, 9.17) is 21.7 Å². The number of rotatable bonds is 18. The summed E-state index contributed by atoms with van der Waals surface area (Å²) in [6, 6.07) is 0. The average molecular weight is 433 g/mol. The predicted molar refractivity (Wildman–Crippen MR) is 121 cm³/mol. The molecule has 172 valence electrons. The molecule has 0 aromatic heterocycles. The van der Waals surface area contributed by atoms with E-state index in [-0.39, 0.29) is 13.2 Å². The Kier molecular flexibility index (Phi) is 16.1. The minimum absolute atomic E-state index is 0.0530. The molecule has 0 amide bonds. The quantitative estimate of drug-likeness (QED) is 0.215. The second-order valence-corrected chi connectivity index (χ2v) is 8.87. The molecule has 29 heavy (non-hydrogen) atoms. The van der Waals surface area contributed by atoms with Gasteiger partial charge in [0.15, 0.2) is 11.2 Å². The number of aliphatic hydroxyl groups is 3. The molecule has 6 heteroatoms. The van der Waals surface area contributed by atoms with Crippen LogP contribution in [-0.4, -0.2) is 58.0 Å². The highest BCUT2D eigenvalue weighted by atomic mass is 32.1. The van der Waals surface area contributed by atoms with Crippen molar-refractivity contribution < 1.29 is 24.8 Å². The summed E-state index contributed by atoms with van der Waals surface area (Å²) in [7, 11) is 0. The Hall–Kier alpha value is -0.270. The molecule has 0 aromatic carbocycles. The Morgan fingerprint density at radius 3 is 1.79 bits per heavy atom. The van der Waals surface area contributed by atoms with E-state index in [0.29, 0.717) is 11.5 Å². The van der Waals surface area contributed by atoms with Gasteiger partial charge in [0.25, 0.3) is 0 Å². The van der Waals surface area contributed by atoms with Crippen LogP contribution in [0, 0.1) is 0 Å². The fraction of sp³-hybridized carbons (Fsp3) is 0.957. The van der Waals surface area contributed by atoms with E-state index in [1.807, 2.05) is 0 Å². The molecule has 3 N–H and O–H groups in total. The average Bonchev–Trinajstić information content (AvgIpc) is 3.05. The number of ether oxygens (including phenoxy) is 2. The molecule has 0 bridgehead atoms. The van der Waals surface area contributed by atoms with Gasteiger partial charge in [-0.05, 0) is 18.6 Å². The molecule has 1 rings (SSSR count). The highest BCUT2D eigenvalue weighted by molar-refractivity contribution is 7.80. The molecule has 0 radical (unpaired) electrons. The largest absolute Gasteiger partial charge is 0.479 e. The van der Waals surface area contributed by atoms with Gasteiger partial charge in [0.1, 0.15) is 18.3 Å². The predicted octanol–water partition coefficient (Wildman–Crippen LogP) is 4.68. The summed E-state index contributed by atoms with van der Waals surface area (Å²) in [6.45, 7) is 2.02. The Balaban J connectivity index is 1.92. The van der Waals surface area contributed by atoms with Gasteiger partial charge in [0.05, 0.1) is 13.2 Å². The summed E-state index contributed by atoms with van der Waals surface area (Å²) in [5.74, 6) is 0. The van der Waals surface area contributed by atoms with Crippen LogP contribution in [0.2, 0.25) is 0 Å². The molecular weight excluding hydrogens is 388 g/mol. The molecule has 0 spiro atoms. The summed E-state index contributed by atoms with van der Waals surface area (Å²) in [4.78, 5) is 0. The molecule has 5 nitrogen and oxygen atoms in total. The first kappa shape index (κ1) is 26.8. The van der Waals surface area contributed by atoms with Crippen molar-refractivity contribution in [3.63, 3.8) is 0 Å². The third-order valence-electron chi connectivity index (χ3n) is 5.75. The molecule has 0 saturated carbocycles. The molecule has 1 saturated heterocycles. The lowest BCUT2D eigenvalue weighted by atomic mass is 10.0. The Morgan fingerprint density at radius 2 is 1.38 bits per heavy atom. The van der Waals surface area contributed by atoms with Crippen LogP contribution in [-0.2, 0) is 9.47 Å². The fourth-order valence-electron chi connectivity index (χ4n) is 3.85. The molecule has 0 aromatic rings. The maximum absolute atomic E-state index is 9.87. The van der Waals surface area contributed by atoms with E-state index >= 15 is 0 Å². The van der Waals surface area contributed by atoms with Gasteiger partial charge >= 0.3 is 0 Å². The van der Waals surface area contributed by atoms with Gasteiger partial charge in [-0.1, -0.05) is 90.4 Å². The molecule has 0 aliphatic carbocycles. The van der Waals surface area contributed by atoms with Gasteiger partial charge in [-0.15, -0.1) is 0 Å². The van der Waals surface area contributed by atoms with Crippen molar-refractivity contribution in [2.24, 2.45) is 0 Å². The van der Waals surface area contributed by atoms with E-state index in [0.717, 1.165) is 12.8 Å². The van der Waals surface area contributed by atoms with Crippen LogP contribution in [0.5, 0.6) is 0 Å². The van der Waals surface area contributed by atoms with Crippen molar-refractivity contribution in [1.29, 1.82) is 0 Å². The maximum Gasteiger partial charge on any atom is 0.160 e. The Morgan fingerprint density at radius 1 is 0.897 bits per heavy atom. The molecule has 1 fully saturated rings. The number of aliphatic hydroxyl groups excluding tert-OH is 3. The number of hydrogen-bond acceptors (Lipinski definition) is 6. The van der Waals surface area contributed by atoms with Gasteiger partial charge in [0.2, 0.25) is 0 Å². The first-order valence-electron chi connectivity index (χ1n) is 11.9. The molecular formula is C23H44O5S. The van der Waals surface area contributed by atoms with Crippen molar-refractivity contribution in [2.45, 2.75) is 128 Å². The van der Waals surface area contributed by atoms with Crippen LogP contribution in [0.4, 0.5) is 0 Å². The summed E-state index contributed by atoms with van der Waals surface area (Å²) in [6.07, 6.45) is 15.6. The highest BCUT2D eigenvalue weighted by Gasteiger charge is 2.41. The summed E-state index contributed by atoms with van der Waals surface area (Å²) < 4.78 is 10.9. The minimum atomic E-state index is -1.05. The van der Waals surface area contributed by atoms with Crippen molar-refractivity contribution in [2.75, 3.05) is 13.2 Å². The summed E-state index contributed by atoms with van der Waals surface area (Å²) >= 11 is 5.26. The van der Waals surface area contributed by atoms with Crippen LogP contribution in [0.1, 0.15) is 103 Å². The van der Waals surface area contributed by atoms with Crippen LogP contribution < -0.4 is 0 Å². The third-order valence-corrected chi connectivity index (χ3v) is 6.05. The van der Waals surface area contributed by atoms with E-state index in [1.165, 1.54) is 77.0 Å². The number of thiocarbonyl (C=S) groups is 1. The van der Waals surface area contributed by atoms with Gasteiger partial charge < -0.3 is 24.8 Å². The molecule has 1 aliphatic heterocycles. The smallest absolute Gasteiger partial charge is 0.160 e. The second kappa shape index (κ2) is 17.4. The zero-order valence-corrected chi connectivity index (χ0v) is 19.2. The summed E-state index contributed by atoms with van der Waals surface area (Å²) in [5.41, 5.74) is 0. The minimum Gasteiger partial charge on any atom is -0.479 e.